The van der Waals surface area contributed by atoms with Crippen LogP contribution in [-0.4, -0.2) is 18.5 Å². The normalized spacial score (nSPS) is 10.4. The van der Waals surface area contributed by atoms with Crippen LogP contribution in [0.2, 0.25) is 10.0 Å². The standard InChI is InChI=1S/C23H19Cl2NO4/c1-14-11-20(12-15(2)22(14)25)29-13-21(27)30-19-9-3-16(4-10-19)23(28)26-18-7-5-17(24)6-8-18/h3-12H,13H2,1-2H3,(H,26,28). The molecule has 0 radical (unpaired) electrons. The van der Waals surface area contributed by atoms with Crippen molar-refractivity contribution >= 4 is 40.8 Å². The van der Waals surface area contributed by atoms with Crippen molar-refractivity contribution in [3.8, 4) is 11.5 Å². The number of halogens is 2. The molecule has 0 saturated carbocycles. The summed E-state index contributed by atoms with van der Waals surface area (Å²) in [5.74, 6) is 0.0151. The van der Waals surface area contributed by atoms with Gasteiger partial charge in [0, 0.05) is 21.3 Å². The number of rotatable bonds is 6. The maximum absolute atomic E-state index is 12.3. The first-order valence-corrected chi connectivity index (χ1v) is 9.84. The summed E-state index contributed by atoms with van der Waals surface area (Å²) in [5.41, 5.74) is 2.79. The molecule has 0 aliphatic heterocycles. The molecule has 30 heavy (non-hydrogen) atoms. The van der Waals surface area contributed by atoms with Crippen molar-refractivity contribution in [2.24, 2.45) is 0 Å². The molecule has 0 heterocycles. The third-order valence-electron chi connectivity index (χ3n) is 4.22. The molecule has 154 valence electrons. The van der Waals surface area contributed by atoms with Crippen molar-refractivity contribution in [2.45, 2.75) is 13.8 Å². The zero-order chi connectivity index (χ0) is 21.7. The van der Waals surface area contributed by atoms with Crippen LogP contribution in [0.5, 0.6) is 11.5 Å². The summed E-state index contributed by atoms with van der Waals surface area (Å²) in [5, 5.41) is 4.02. The zero-order valence-electron chi connectivity index (χ0n) is 16.4. The first-order valence-electron chi connectivity index (χ1n) is 9.09. The molecule has 7 heteroatoms. The van der Waals surface area contributed by atoms with Crippen molar-refractivity contribution in [3.63, 3.8) is 0 Å². The number of anilines is 1. The summed E-state index contributed by atoms with van der Waals surface area (Å²) in [7, 11) is 0. The average molecular weight is 444 g/mol. The molecule has 5 nitrogen and oxygen atoms in total. The molecule has 3 rings (SSSR count). The van der Waals surface area contributed by atoms with Crippen molar-refractivity contribution in [1.82, 2.24) is 0 Å². The second kappa shape index (κ2) is 9.65. The van der Waals surface area contributed by atoms with Gasteiger partial charge in [0.05, 0.1) is 0 Å². The molecule has 0 aromatic heterocycles. The lowest BCUT2D eigenvalue weighted by Gasteiger charge is -2.10. The van der Waals surface area contributed by atoms with Gasteiger partial charge < -0.3 is 14.8 Å². The van der Waals surface area contributed by atoms with E-state index in [2.05, 4.69) is 5.32 Å². The monoisotopic (exact) mass is 443 g/mol. The largest absolute Gasteiger partial charge is 0.482 e. The highest BCUT2D eigenvalue weighted by Gasteiger charge is 2.10. The molecule has 0 atom stereocenters. The second-order valence-electron chi connectivity index (χ2n) is 6.62. The van der Waals surface area contributed by atoms with E-state index in [1.54, 1.807) is 60.7 Å². The summed E-state index contributed by atoms with van der Waals surface area (Å²) < 4.78 is 10.7. The van der Waals surface area contributed by atoms with E-state index in [4.69, 9.17) is 32.7 Å². The number of carbonyl (C=O) groups is 2. The van der Waals surface area contributed by atoms with Gasteiger partial charge in [0.2, 0.25) is 0 Å². The third kappa shape index (κ3) is 5.75. The molecule has 0 saturated heterocycles. The van der Waals surface area contributed by atoms with E-state index in [1.165, 1.54) is 0 Å². The highest BCUT2D eigenvalue weighted by molar-refractivity contribution is 6.32. The van der Waals surface area contributed by atoms with Gasteiger partial charge in [-0.15, -0.1) is 0 Å². The van der Waals surface area contributed by atoms with Crippen LogP contribution in [0.25, 0.3) is 0 Å². The Morgan fingerprint density at radius 2 is 1.47 bits per heavy atom. The van der Waals surface area contributed by atoms with Crippen LogP contribution in [0, 0.1) is 13.8 Å². The topological polar surface area (TPSA) is 64.6 Å². The first kappa shape index (κ1) is 21.7. The Hall–Kier alpha value is -3.02. The van der Waals surface area contributed by atoms with Crippen LogP contribution < -0.4 is 14.8 Å². The maximum atomic E-state index is 12.3. The van der Waals surface area contributed by atoms with Crippen LogP contribution in [0.4, 0.5) is 5.69 Å². The Kier molecular flexibility index (Phi) is 6.98. The van der Waals surface area contributed by atoms with E-state index in [0.29, 0.717) is 32.8 Å². The number of ether oxygens (including phenoxy) is 2. The van der Waals surface area contributed by atoms with Crippen LogP contribution in [-0.2, 0) is 4.79 Å². The van der Waals surface area contributed by atoms with Crippen molar-refractivity contribution in [3.05, 3.63) is 87.4 Å². The smallest absolute Gasteiger partial charge is 0.349 e. The fourth-order valence-electron chi connectivity index (χ4n) is 2.70. The SMILES string of the molecule is Cc1cc(OCC(=O)Oc2ccc(C(=O)Nc3ccc(Cl)cc3)cc2)cc(C)c1Cl. The van der Waals surface area contributed by atoms with Gasteiger partial charge in [-0.1, -0.05) is 23.2 Å². The van der Waals surface area contributed by atoms with E-state index in [9.17, 15) is 9.59 Å². The van der Waals surface area contributed by atoms with E-state index in [1.807, 2.05) is 13.8 Å². The van der Waals surface area contributed by atoms with Gasteiger partial charge in [0.1, 0.15) is 11.5 Å². The predicted molar refractivity (Wildman–Crippen MR) is 118 cm³/mol. The molecule has 0 spiro atoms. The zero-order valence-corrected chi connectivity index (χ0v) is 17.9. The molecule has 1 N–H and O–H groups in total. The van der Waals surface area contributed by atoms with Gasteiger partial charge in [-0.25, -0.2) is 4.79 Å². The fourth-order valence-corrected chi connectivity index (χ4v) is 2.94. The predicted octanol–water partition coefficient (Wildman–Crippen LogP) is 5.85. The number of hydrogen-bond donors (Lipinski definition) is 1. The van der Waals surface area contributed by atoms with Gasteiger partial charge in [0.25, 0.3) is 5.91 Å². The maximum Gasteiger partial charge on any atom is 0.349 e. The molecule has 1 amide bonds. The average Bonchev–Trinajstić information content (AvgIpc) is 2.72. The molecule has 3 aromatic carbocycles. The van der Waals surface area contributed by atoms with Crippen molar-refractivity contribution in [2.75, 3.05) is 11.9 Å². The number of amides is 1. The number of nitrogens with one attached hydrogen (secondary N) is 1. The number of hydrogen-bond acceptors (Lipinski definition) is 4. The Morgan fingerprint density at radius 1 is 0.867 bits per heavy atom. The summed E-state index contributed by atoms with van der Waals surface area (Å²) in [6.07, 6.45) is 0. The Balaban J connectivity index is 1.54. The minimum Gasteiger partial charge on any atom is -0.482 e. The molecule has 0 aliphatic rings. The Bertz CT molecular complexity index is 1040. The Labute approximate surface area is 184 Å². The van der Waals surface area contributed by atoms with Crippen molar-refractivity contribution in [1.29, 1.82) is 0 Å². The lowest BCUT2D eigenvalue weighted by Crippen LogP contribution is -2.18. The summed E-state index contributed by atoms with van der Waals surface area (Å²) in [6.45, 7) is 3.48. The van der Waals surface area contributed by atoms with Crippen LogP contribution in [0.1, 0.15) is 21.5 Å². The minimum absolute atomic E-state index is 0.251. The number of esters is 1. The van der Waals surface area contributed by atoms with Gasteiger partial charge in [-0.2, -0.15) is 0 Å². The highest BCUT2D eigenvalue weighted by atomic mass is 35.5. The summed E-state index contributed by atoms with van der Waals surface area (Å²) in [4.78, 5) is 24.3. The van der Waals surface area contributed by atoms with E-state index >= 15 is 0 Å². The number of benzene rings is 3. The molecular formula is C23H19Cl2NO4. The van der Waals surface area contributed by atoms with Gasteiger partial charge in [-0.3, -0.25) is 4.79 Å². The van der Waals surface area contributed by atoms with E-state index < -0.39 is 5.97 Å². The number of carbonyl (C=O) groups excluding carboxylic acids is 2. The molecule has 0 fully saturated rings. The fraction of sp³-hybridized carbons (Fsp3) is 0.130. The van der Waals surface area contributed by atoms with Crippen LogP contribution in [0.3, 0.4) is 0 Å². The lowest BCUT2D eigenvalue weighted by molar-refractivity contribution is -0.136. The summed E-state index contributed by atoms with van der Waals surface area (Å²) >= 11 is 12.0. The molecular weight excluding hydrogens is 425 g/mol. The third-order valence-corrected chi connectivity index (χ3v) is 5.07. The van der Waals surface area contributed by atoms with E-state index in [0.717, 1.165) is 11.1 Å². The number of aryl methyl sites for hydroxylation is 2. The summed E-state index contributed by atoms with van der Waals surface area (Å²) in [6, 6.07) is 16.5. The molecule has 0 aliphatic carbocycles. The van der Waals surface area contributed by atoms with Gasteiger partial charge in [-0.05, 0) is 85.6 Å². The molecule has 3 aromatic rings. The van der Waals surface area contributed by atoms with E-state index in [-0.39, 0.29) is 12.5 Å². The highest BCUT2D eigenvalue weighted by Crippen LogP contribution is 2.26. The molecule has 0 unspecified atom stereocenters. The Morgan fingerprint density at radius 3 is 2.07 bits per heavy atom. The van der Waals surface area contributed by atoms with Crippen molar-refractivity contribution < 1.29 is 19.1 Å². The molecule has 0 bridgehead atoms. The first-order chi connectivity index (χ1) is 14.3. The second-order valence-corrected chi connectivity index (χ2v) is 7.43. The van der Waals surface area contributed by atoms with Gasteiger partial charge in [0.15, 0.2) is 6.61 Å². The minimum atomic E-state index is -0.557. The lowest BCUT2D eigenvalue weighted by atomic mass is 10.1. The van der Waals surface area contributed by atoms with Crippen LogP contribution >= 0.6 is 23.2 Å². The van der Waals surface area contributed by atoms with Gasteiger partial charge >= 0.3 is 5.97 Å². The van der Waals surface area contributed by atoms with Crippen LogP contribution in [0.15, 0.2) is 60.7 Å². The quantitative estimate of drug-likeness (QED) is 0.383.